The highest BCUT2D eigenvalue weighted by Gasteiger charge is 2.26. The summed E-state index contributed by atoms with van der Waals surface area (Å²) in [6, 6.07) is 12.4. The number of allylic oxidation sites excluding steroid dienone is 1. The first kappa shape index (κ1) is 18.8. The van der Waals surface area contributed by atoms with Gasteiger partial charge in [-0.1, -0.05) is 35.9 Å². The Labute approximate surface area is 161 Å². The number of carbonyl (C=O) groups is 2. The van der Waals surface area contributed by atoms with E-state index in [2.05, 4.69) is 5.32 Å². The fourth-order valence-electron chi connectivity index (χ4n) is 2.93. The lowest BCUT2D eigenvalue weighted by Gasteiger charge is -2.11. The Morgan fingerprint density at radius 3 is 2.44 bits per heavy atom. The van der Waals surface area contributed by atoms with E-state index in [-0.39, 0.29) is 5.57 Å². The predicted octanol–water partition coefficient (Wildman–Crippen LogP) is 3.10. The van der Waals surface area contributed by atoms with Crippen molar-refractivity contribution >= 4 is 35.1 Å². The number of hydrogen-bond donors (Lipinski definition) is 4. The van der Waals surface area contributed by atoms with Gasteiger partial charge in [-0.3, -0.25) is 9.93 Å². The van der Waals surface area contributed by atoms with Crippen molar-refractivity contribution < 1.29 is 14.7 Å². The van der Waals surface area contributed by atoms with E-state index in [1.54, 1.807) is 12.1 Å². The molecule has 138 valence electrons. The van der Waals surface area contributed by atoms with Gasteiger partial charge in [-0.15, -0.1) is 0 Å². The minimum Gasteiger partial charge on any atom is -0.478 e. The predicted molar refractivity (Wildman–Crippen MR) is 107 cm³/mol. The second kappa shape index (κ2) is 7.69. The summed E-state index contributed by atoms with van der Waals surface area (Å²) in [5, 5.41) is 17.9. The molecule has 0 radical (unpaired) electrons. The SMILES string of the molecule is Cc1ccc(C2=CCC(NC(=O)c3ccc(SN)c(N)c3)=C2C(=O)O)cc1. The molecule has 7 heteroatoms. The number of nitrogen functional groups attached to an aromatic ring is 1. The van der Waals surface area contributed by atoms with Crippen molar-refractivity contribution in [2.45, 2.75) is 18.2 Å². The average molecular weight is 381 g/mol. The van der Waals surface area contributed by atoms with Crippen molar-refractivity contribution in [3.05, 3.63) is 76.5 Å². The smallest absolute Gasteiger partial charge is 0.338 e. The Morgan fingerprint density at radius 2 is 1.85 bits per heavy atom. The number of anilines is 1. The summed E-state index contributed by atoms with van der Waals surface area (Å²) < 4.78 is 0. The van der Waals surface area contributed by atoms with Gasteiger partial charge in [0, 0.05) is 28.3 Å². The van der Waals surface area contributed by atoms with Crippen LogP contribution in [0.1, 0.15) is 27.9 Å². The van der Waals surface area contributed by atoms with Crippen LogP contribution in [-0.2, 0) is 4.79 Å². The van der Waals surface area contributed by atoms with Crippen LogP contribution in [0.4, 0.5) is 5.69 Å². The lowest BCUT2D eigenvalue weighted by molar-refractivity contribution is -0.132. The van der Waals surface area contributed by atoms with Gasteiger partial charge in [0.15, 0.2) is 0 Å². The van der Waals surface area contributed by atoms with Gasteiger partial charge in [-0.05, 0) is 48.2 Å². The van der Waals surface area contributed by atoms with Crippen molar-refractivity contribution in [2.75, 3.05) is 5.73 Å². The lowest BCUT2D eigenvalue weighted by atomic mass is 9.99. The quantitative estimate of drug-likeness (QED) is 0.467. The molecule has 0 atom stereocenters. The molecule has 0 heterocycles. The standard InChI is InChI=1S/C20H19N3O3S/c1-11-2-4-12(5-3-11)14-7-8-16(18(14)20(25)26)23-19(24)13-6-9-17(27-22)15(21)10-13/h2-7,9-10H,8,21-22H2,1H3,(H,23,24)(H,25,26). The number of benzene rings is 2. The van der Waals surface area contributed by atoms with E-state index in [1.165, 1.54) is 6.07 Å². The molecule has 0 saturated carbocycles. The maximum atomic E-state index is 12.6. The maximum Gasteiger partial charge on any atom is 0.338 e. The Kier molecular flexibility index (Phi) is 5.34. The third kappa shape index (κ3) is 3.89. The zero-order valence-electron chi connectivity index (χ0n) is 14.7. The van der Waals surface area contributed by atoms with E-state index in [9.17, 15) is 14.7 Å². The molecule has 2 aromatic rings. The Hall–Kier alpha value is -3.03. The molecule has 0 spiro atoms. The second-order valence-corrected chi connectivity index (χ2v) is 6.85. The average Bonchev–Trinajstić information content (AvgIpc) is 3.06. The topological polar surface area (TPSA) is 118 Å². The Balaban J connectivity index is 1.88. The van der Waals surface area contributed by atoms with Gasteiger partial charge in [0.05, 0.1) is 5.57 Å². The molecule has 0 bridgehead atoms. The molecule has 3 rings (SSSR count). The molecule has 1 aliphatic rings. The summed E-state index contributed by atoms with van der Waals surface area (Å²) in [5.74, 6) is -1.49. The minimum absolute atomic E-state index is 0.106. The first-order chi connectivity index (χ1) is 12.9. The maximum absolute atomic E-state index is 12.6. The lowest BCUT2D eigenvalue weighted by Crippen LogP contribution is -2.24. The molecular weight excluding hydrogens is 362 g/mol. The van der Waals surface area contributed by atoms with Crippen LogP contribution in [0.25, 0.3) is 5.57 Å². The molecule has 1 amide bonds. The van der Waals surface area contributed by atoms with Crippen molar-refractivity contribution in [2.24, 2.45) is 5.14 Å². The molecule has 0 aliphatic heterocycles. The summed E-state index contributed by atoms with van der Waals surface area (Å²) in [6.07, 6.45) is 2.15. The van der Waals surface area contributed by atoms with Gasteiger partial charge in [0.25, 0.3) is 5.91 Å². The molecule has 6 nitrogen and oxygen atoms in total. The van der Waals surface area contributed by atoms with E-state index in [0.717, 1.165) is 23.1 Å². The van der Waals surface area contributed by atoms with Gasteiger partial charge in [-0.2, -0.15) is 0 Å². The van der Waals surface area contributed by atoms with Gasteiger partial charge >= 0.3 is 5.97 Å². The number of nitrogens with two attached hydrogens (primary N) is 2. The van der Waals surface area contributed by atoms with E-state index in [0.29, 0.717) is 33.8 Å². The van der Waals surface area contributed by atoms with Gasteiger partial charge in [-0.25, -0.2) is 4.79 Å². The van der Waals surface area contributed by atoms with Crippen molar-refractivity contribution in [3.8, 4) is 0 Å². The molecule has 0 aromatic heterocycles. The van der Waals surface area contributed by atoms with Crippen LogP contribution in [0, 0.1) is 6.92 Å². The van der Waals surface area contributed by atoms with Crippen LogP contribution in [0.3, 0.4) is 0 Å². The number of aryl methyl sites for hydroxylation is 1. The molecular formula is C20H19N3O3S. The number of aliphatic carboxylic acids is 1. The van der Waals surface area contributed by atoms with E-state index in [1.807, 2.05) is 37.3 Å². The van der Waals surface area contributed by atoms with Crippen LogP contribution < -0.4 is 16.2 Å². The number of carboxylic acid groups (broad SMARTS) is 1. The van der Waals surface area contributed by atoms with E-state index in [4.69, 9.17) is 10.9 Å². The molecule has 0 fully saturated rings. The first-order valence-corrected chi connectivity index (χ1v) is 9.10. The third-order valence-electron chi connectivity index (χ3n) is 4.32. The molecule has 27 heavy (non-hydrogen) atoms. The first-order valence-electron chi connectivity index (χ1n) is 8.22. The Bertz CT molecular complexity index is 978. The number of hydrogen-bond acceptors (Lipinski definition) is 5. The number of rotatable bonds is 5. The van der Waals surface area contributed by atoms with Gasteiger partial charge in [0.2, 0.25) is 0 Å². The fourth-order valence-corrected chi connectivity index (χ4v) is 3.27. The summed E-state index contributed by atoms with van der Waals surface area (Å²) in [5.41, 5.74) is 9.56. The van der Waals surface area contributed by atoms with Crippen LogP contribution in [-0.4, -0.2) is 17.0 Å². The third-order valence-corrected chi connectivity index (χ3v) is 4.95. The van der Waals surface area contributed by atoms with Crippen LogP contribution in [0.5, 0.6) is 0 Å². The second-order valence-electron chi connectivity index (χ2n) is 6.17. The van der Waals surface area contributed by atoms with Crippen molar-refractivity contribution in [3.63, 3.8) is 0 Å². The molecule has 1 aliphatic carbocycles. The van der Waals surface area contributed by atoms with E-state index >= 15 is 0 Å². The van der Waals surface area contributed by atoms with Crippen LogP contribution >= 0.6 is 11.9 Å². The summed E-state index contributed by atoms with van der Waals surface area (Å²) in [4.78, 5) is 25.1. The zero-order valence-corrected chi connectivity index (χ0v) is 15.5. The largest absolute Gasteiger partial charge is 0.478 e. The van der Waals surface area contributed by atoms with Crippen LogP contribution in [0.2, 0.25) is 0 Å². The number of nitrogens with one attached hydrogen (secondary N) is 1. The number of carbonyl (C=O) groups excluding carboxylic acids is 1. The molecule has 0 unspecified atom stereocenters. The molecule has 6 N–H and O–H groups in total. The highest BCUT2D eigenvalue weighted by Crippen LogP contribution is 2.33. The van der Waals surface area contributed by atoms with Gasteiger partial charge in [0.1, 0.15) is 0 Å². The Morgan fingerprint density at radius 1 is 1.15 bits per heavy atom. The molecule has 0 saturated heterocycles. The zero-order chi connectivity index (χ0) is 19.6. The normalized spacial score (nSPS) is 13.5. The van der Waals surface area contributed by atoms with Crippen molar-refractivity contribution in [1.82, 2.24) is 5.32 Å². The molecule has 2 aromatic carbocycles. The van der Waals surface area contributed by atoms with Crippen molar-refractivity contribution in [1.29, 1.82) is 0 Å². The van der Waals surface area contributed by atoms with Gasteiger partial charge < -0.3 is 16.2 Å². The monoisotopic (exact) mass is 381 g/mol. The number of amides is 1. The van der Waals surface area contributed by atoms with E-state index < -0.39 is 11.9 Å². The number of carboxylic acids is 1. The summed E-state index contributed by atoms with van der Waals surface area (Å²) >= 11 is 1.000. The minimum atomic E-state index is -1.08. The highest BCUT2D eigenvalue weighted by molar-refractivity contribution is 7.97. The fraction of sp³-hybridized carbons (Fsp3) is 0.100. The van der Waals surface area contributed by atoms with Crippen LogP contribution in [0.15, 0.2) is 64.7 Å². The summed E-state index contributed by atoms with van der Waals surface area (Å²) in [6.45, 7) is 1.96. The summed E-state index contributed by atoms with van der Waals surface area (Å²) in [7, 11) is 0. The highest BCUT2D eigenvalue weighted by atomic mass is 32.2.